The summed E-state index contributed by atoms with van der Waals surface area (Å²) in [7, 11) is 0. The van der Waals surface area contributed by atoms with E-state index in [2.05, 4.69) is 0 Å². The Bertz CT molecular complexity index is 8.00. The van der Waals surface area contributed by atoms with Crippen molar-refractivity contribution >= 4 is 71.9 Å². The van der Waals surface area contributed by atoms with Crippen LogP contribution in [0, 0.1) is 0 Å². The molecule has 4 heteroatoms. The second kappa shape index (κ2) is 16.2. The minimum Gasteiger partial charge on any atom is 0 e. The van der Waals surface area contributed by atoms with Gasteiger partial charge in [0.15, 0.2) is 0 Å². The molecule has 0 saturated carbocycles. The molecule has 0 N–H and O–H groups in total. The predicted octanol–water partition coefficient (Wildman–Crippen LogP) is -1.84. The van der Waals surface area contributed by atoms with Gasteiger partial charge < -0.3 is 0 Å². The van der Waals surface area contributed by atoms with E-state index < -0.39 is 0 Å². The molecule has 0 saturated heterocycles. The molecule has 1 radical (unpaired) electrons. The van der Waals surface area contributed by atoms with Gasteiger partial charge in [0.05, 0.1) is 0 Å². The fraction of sp³-hybridized carbons (Fsp3) is 0. The molecule has 0 aromatic heterocycles. The molecule has 0 aromatic carbocycles. The van der Waals surface area contributed by atoms with Gasteiger partial charge in [-0.3, -0.25) is 0 Å². The van der Waals surface area contributed by atoms with Crippen molar-refractivity contribution < 1.29 is 34.1 Å². The molecule has 0 aliphatic heterocycles. The standard InChI is InChI=1S/Ba.Fe.Mg.Mn.4H. The zero-order valence-electron chi connectivity index (χ0n) is 0.732. The van der Waals surface area contributed by atoms with Crippen LogP contribution in [0.2, 0.25) is 0 Å². The molecule has 0 bridgehead atoms. The van der Waals surface area contributed by atoms with Crippen molar-refractivity contribution in [3.63, 3.8) is 0 Å². The van der Waals surface area contributed by atoms with Crippen molar-refractivity contribution in [3.8, 4) is 0 Å². The SMILES string of the molecule is [BaH2].[Fe].[MgH2].[Mn]. The second-order valence-electron chi connectivity index (χ2n) is 0. The van der Waals surface area contributed by atoms with Crippen LogP contribution in [-0.2, 0) is 34.1 Å². The van der Waals surface area contributed by atoms with Crippen molar-refractivity contribution in [2.24, 2.45) is 0 Å². The minimum absolute atomic E-state index is 0. The van der Waals surface area contributed by atoms with Gasteiger partial charge in [-0.1, -0.05) is 0 Å². The quantitative estimate of drug-likeness (QED) is 0.456. The van der Waals surface area contributed by atoms with Gasteiger partial charge in [-0.2, -0.15) is 0 Å². The Morgan fingerprint density at radius 2 is 1.00 bits per heavy atom. The maximum atomic E-state index is 0. The largest absolute Gasteiger partial charge is 0.316 e. The maximum absolute atomic E-state index is 0. The predicted molar refractivity (Wildman–Crippen MR) is 17.1 cm³/mol. The van der Waals surface area contributed by atoms with E-state index in [1.54, 1.807) is 0 Å². The van der Waals surface area contributed by atoms with E-state index in [1.807, 2.05) is 0 Å². The first-order valence-corrected chi connectivity index (χ1v) is 0. The molecule has 23 valence electrons. The van der Waals surface area contributed by atoms with Crippen molar-refractivity contribution in [2.75, 3.05) is 0 Å². The van der Waals surface area contributed by atoms with Gasteiger partial charge >= 0.3 is 71.9 Å². The molecule has 0 rings (SSSR count). The van der Waals surface area contributed by atoms with Gasteiger partial charge in [0, 0.05) is 34.1 Å². The summed E-state index contributed by atoms with van der Waals surface area (Å²) in [5.41, 5.74) is 0. The third-order valence-electron chi connectivity index (χ3n) is 0. The summed E-state index contributed by atoms with van der Waals surface area (Å²) in [4.78, 5) is 0. The average molecular weight is 276 g/mol. The Balaban J connectivity index is 0. The normalized spacial score (nSPS) is 0. The molecule has 0 fully saturated rings. The second-order valence-corrected chi connectivity index (χ2v) is 0. The molecule has 0 amide bonds. The molecule has 0 unspecified atom stereocenters. The van der Waals surface area contributed by atoms with Crippen LogP contribution in [0.3, 0.4) is 0 Å². The van der Waals surface area contributed by atoms with Crippen LogP contribution >= 0.6 is 0 Å². The summed E-state index contributed by atoms with van der Waals surface area (Å²) in [5.74, 6) is 0. The van der Waals surface area contributed by atoms with Crippen molar-refractivity contribution in [2.45, 2.75) is 0 Å². The van der Waals surface area contributed by atoms with Crippen molar-refractivity contribution in [1.29, 1.82) is 0 Å². The summed E-state index contributed by atoms with van der Waals surface area (Å²) in [6.45, 7) is 0. The van der Waals surface area contributed by atoms with Crippen LogP contribution in [0.15, 0.2) is 0 Å². The average Bonchev–Trinajstić information content (AvgIpc) is 0. The Morgan fingerprint density at radius 3 is 1.00 bits per heavy atom. The van der Waals surface area contributed by atoms with Crippen LogP contribution in [0.4, 0.5) is 0 Å². The van der Waals surface area contributed by atoms with E-state index in [0.717, 1.165) is 0 Å². The number of hydrogen-bond acceptors (Lipinski definition) is 0. The van der Waals surface area contributed by atoms with Gasteiger partial charge in [0.2, 0.25) is 0 Å². The van der Waals surface area contributed by atoms with Crippen LogP contribution in [0.1, 0.15) is 0 Å². The topological polar surface area (TPSA) is 0 Å². The van der Waals surface area contributed by atoms with Crippen LogP contribution < -0.4 is 0 Å². The third-order valence-corrected chi connectivity index (χ3v) is 0. The van der Waals surface area contributed by atoms with E-state index >= 15 is 0 Å². The first-order valence-electron chi connectivity index (χ1n) is 0. The first-order chi connectivity index (χ1) is 0. The zero-order valence-corrected chi connectivity index (χ0v) is 3.02. The van der Waals surface area contributed by atoms with E-state index in [1.165, 1.54) is 0 Å². The number of rotatable bonds is 0. The van der Waals surface area contributed by atoms with E-state index in [-0.39, 0.29) is 106 Å². The molecule has 4 heavy (non-hydrogen) atoms. The summed E-state index contributed by atoms with van der Waals surface area (Å²) in [6, 6.07) is 0. The maximum Gasteiger partial charge on any atom is 0.316 e. The smallest absolute Gasteiger partial charge is 0 e. The minimum atomic E-state index is 0. The monoisotopic (exact) mass is 277 g/mol. The van der Waals surface area contributed by atoms with E-state index in [4.69, 9.17) is 0 Å². The summed E-state index contributed by atoms with van der Waals surface area (Å²) < 4.78 is 0. The summed E-state index contributed by atoms with van der Waals surface area (Å²) in [6.07, 6.45) is 0. The number of hydrogen-bond donors (Lipinski definition) is 0. The van der Waals surface area contributed by atoms with Gasteiger partial charge in [0.1, 0.15) is 0 Å². The molecular formula is H4BaFeMgMn. The van der Waals surface area contributed by atoms with Crippen LogP contribution in [-0.4, -0.2) is 71.9 Å². The third kappa shape index (κ3) is 9.03. The fourth-order valence-corrected chi connectivity index (χ4v) is 0. The Hall–Kier alpha value is 3.38. The Labute approximate surface area is 103 Å². The van der Waals surface area contributed by atoms with Gasteiger partial charge in [-0.05, 0) is 0 Å². The van der Waals surface area contributed by atoms with Crippen LogP contribution in [0.5, 0.6) is 0 Å². The van der Waals surface area contributed by atoms with Gasteiger partial charge in [0.25, 0.3) is 0 Å². The molecule has 0 nitrogen and oxygen atoms in total. The Morgan fingerprint density at radius 1 is 1.00 bits per heavy atom. The van der Waals surface area contributed by atoms with E-state index in [0.29, 0.717) is 0 Å². The zero-order chi connectivity index (χ0) is 0. The molecular weight excluding hydrogens is 272 g/mol. The molecule has 0 heterocycles. The summed E-state index contributed by atoms with van der Waals surface area (Å²) in [5, 5.41) is 0. The van der Waals surface area contributed by atoms with Crippen LogP contribution in [0.25, 0.3) is 0 Å². The van der Waals surface area contributed by atoms with E-state index in [9.17, 15) is 0 Å². The molecule has 0 aromatic rings. The fourth-order valence-electron chi connectivity index (χ4n) is 0. The molecule has 0 atom stereocenters. The first kappa shape index (κ1) is 26.3. The molecule has 0 aliphatic carbocycles. The Kier molecular flexibility index (Phi) is 106. The van der Waals surface area contributed by atoms with Gasteiger partial charge in [-0.15, -0.1) is 0 Å². The summed E-state index contributed by atoms with van der Waals surface area (Å²) >= 11 is 0. The van der Waals surface area contributed by atoms with Crippen molar-refractivity contribution in [3.05, 3.63) is 0 Å². The van der Waals surface area contributed by atoms with Gasteiger partial charge in [-0.25, -0.2) is 0 Å². The molecule has 0 spiro atoms. The molecule has 0 aliphatic rings. The van der Waals surface area contributed by atoms with Crippen molar-refractivity contribution in [1.82, 2.24) is 0 Å².